The summed E-state index contributed by atoms with van der Waals surface area (Å²) in [5.74, 6) is 8.71. The average molecular weight is 182 g/mol. The van der Waals surface area contributed by atoms with Crippen molar-refractivity contribution in [2.45, 2.75) is 0 Å². The van der Waals surface area contributed by atoms with Gasteiger partial charge in [0.15, 0.2) is 0 Å². The SMILES string of the molecule is NN[C-]=O.NN[C-]=O.[Cu+2]. The molecule has 0 rings (SSSR count). The van der Waals surface area contributed by atoms with E-state index >= 15 is 0 Å². The molecule has 0 unspecified atom stereocenters. The van der Waals surface area contributed by atoms with E-state index < -0.39 is 0 Å². The van der Waals surface area contributed by atoms with Crippen molar-refractivity contribution in [2.75, 3.05) is 0 Å². The summed E-state index contributed by atoms with van der Waals surface area (Å²) in [6.07, 6.45) is 2.42. The van der Waals surface area contributed by atoms with Gasteiger partial charge in [0.25, 0.3) is 0 Å². The third-order valence-corrected chi connectivity index (χ3v) is 0.118. The quantitative estimate of drug-likeness (QED) is 0.0911. The van der Waals surface area contributed by atoms with E-state index in [1.807, 2.05) is 0 Å². The number of carbonyl (C=O) groups excluding carboxylic acids is 2. The van der Waals surface area contributed by atoms with Crippen LogP contribution >= 0.6 is 0 Å². The van der Waals surface area contributed by atoms with Gasteiger partial charge < -0.3 is 20.4 Å². The number of nitrogens with two attached hydrogens (primary N) is 2. The molecule has 0 saturated heterocycles. The Hall–Kier alpha value is -0.621. The van der Waals surface area contributed by atoms with Gasteiger partial charge in [-0.1, -0.05) is 0 Å². The van der Waals surface area contributed by atoms with Crippen LogP contribution in [0.5, 0.6) is 0 Å². The van der Waals surface area contributed by atoms with E-state index in [9.17, 15) is 0 Å². The first-order valence-corrected chi connectivity index (χ1v) is 1.49. The third-order valence-electron chi connectivity index (χ3n) is 0.118. The molecule has 7 heteroatoms. The molecule has 1 radical (unpaired) electrons. The van der Waals surface area contributed by atoms with E-state index in [1.165, 1.54) is 12.8 Å². The smallest absolute Gasteiger partial charge is 0.519 e. The van der Waals surface area contributed by atoms with Gasteiger partial charge >= 0.3 is 17.1 Å². The third kappa shape index (κ3) is 112. The van der Waals surface area contributed by atoms with Crippen molar-refractivity contribution in [1.82, 2.24) is 10.9 Å². The Kier molecular flexibility index (Phi) is 46.1. The second kappa shape index (κ2) is 26.3. The van der Waals surface area contributed by atoms with Crippen molar-refractivity contribution in [3.05, 3.63) is 0 Å². The van der Waals surface area contributed by atoms with Gasteiger partial charge in [-0.2, -0.15) is 12.8 Å². The number of nitrogens with one attached hydrogen (secondary N) is 2. The summed E-state index contributed by atoms with van der Waals surface area (Å²) in [4.78, 5) is 17.6. The molecular weight excluding hydrogens is 176 g/mol. The molecule has 0 aliphatic carbocycles. The first kappa shape index (κ1) is 15.8. The van der Waals surface area contributed by atoms with Crippen LogP contribution in [-0.4, -0.2) is 12.8 Å². The maximum absolute atomic E-state index is 8.81. The second-order valence-corrected chi connectivity index (χ2v) is 0.493. The molecule has 6 nitrogen and oxygen atoms in total. The Morgan fingerprint density at radius 1 is 1.00 bits per heavy atom. The predicted octanol–water partition coefficient (Wildman–Crippen LogP) is -2.97. The molecule has 57 valence electrons. The monoisotopic (exact) mass is 181 g/mol. The van der Waals surface area contributed by atoms with Gasteiger partial charge in [-0.25, -0.2) is 0 Å². The number of hydrogen-bond acceptors (Lipinski definition) is 4. The summed E-state index contributed by atoms with van der Waals surface area (Å²) < 4.78 is 0. The van der Waals surface area contributed by atoms with Crippen LogP contribution in [0.4, 0.5) is 0 Å². The van der Waals surface area contributed by atoms with Crippen LogP contribution < -0.4 is 22.5 Å². The predicted molar refractivity (Wildman–Crippen MR) is 26.0 cm³/mol. The number of amides is 2. The van der Waals surface area contributed by atoms with E-state index in [2.05, 4.69) is 11.7 Å². The fraction of sp³-hybridized carbons (Fsp3) is 0. The average Bonchev–Trinajstić information content (AvgIpc) is 1.88. The molecule has 0 aromatic carbocycles. The van der Waals surface area contributed by atoms with Crippen molar-refractivity contribution in [2.24, 2.45) is 11.7 Å². The van der Waals surface area contributed by atoms with E-state index in [1.54, 1.807) is 10.9 Å². The summed E-state index contributed by atoms with van der Waals surface area (Å²) in [5, 5.41) is 0. The van der Waals surface area contributed by atoms with Gasteiger partial charge in [0.1, 0.15) is 0 Å². The molecule has 0 aromatic rings. The van der Waals surface area contributed by atoms with Crippen LogP contribution in [0.15, 0.2) is 0 Å². The Morgan fingerprint density at radius 2 is 1.11 bits per heavy atom. The van der Waals surface area contributed by atoms with Crippen LogP contribution in [0.1, 0.15) is 0 Å². The molecule has 0 fully saturated rings. The number of rotatable bonds is 2. The van der Waals surface area contributed by atoms with E-state index in [4.69, 9.17) is 9.59 Å². The Morgan fingerprint density at radius 3 is 1.11 bits per heavy atom. The molecule has 0 atom stereocenters. The molecule has 0 aromatic heterocycles. The summed E-state index contributed by atoms with van der Waals surface area (Å²) >= 11 is 0. The second-order valence-electron chi connectivity index (χ2n) is 0.493. The largest absolute Gasteiger partial charge is 2.00 e. The molecule has 0 spiro atoms. The van der Waals surface area contributed by atoms with Crippen LogP contribution in [0.2, 0.25) is 0 Å². The van der Waals surface area contributed by atoms with Crippen molar-refractivity contribution >= 4 is 12.8 Å². The van der Waals surface area contributed by atoms with Crippen LogP contribution in [0.3, 0.4) is 0 Å². The van der Waals surface area contributed by atoms with Gasteiger partial charge in [-0.15, -0.1) is 0 Å². The standard InChI is InChI=1S/2CH3N2O.Cu/c2*2-3-1-4;/h2*2H2,(H,3,4);/q2*-1;+2. The number of hydrazine groups is 2. The molecule has 0 aliphatic heterocycles. The van der Waals surface area contributed by atoms with Crippen molar-refractivity contribution in [3.63, 3.8) is 0 Å². The summed E-state index contributed by atoms with van der Waals surface area (Å²) in [5.41, 5.74) is 3.25. The van der Waals surface area contributed by atoms with Gasteiger partial charge in [0, 0.05) is 0 Å². The van der Waals surface area contributed by atoms with Crippen LogP contribution in [-0.2, 0) is 26.7 Å². The fourth-order valence-corrected chi connectivity index (χ4v) is 0. The number of hydrogen-bond donors (Lipinski definition) is 4. The zero-order valence-corrected chi connectivity index (χ0v) is 5.21. The van der Waals surface area contributed by atoms with E-state index in [0.29, 0.717) is 0 Å². The molecule has 2 amide bonds. The van der Waals surface area contributed by atoms with E-state index in [0.717, 1.165) is 0 Å². The van der Waals surface area contributed by atoms with Gasteiger partial charge in [0.2, 0.25) is 0 Å². The summed E-state index contributed by atoms with van der Waals surface area (Å²) in [6, 6.07) is 0. The molecule has 0 saturated carbocycles. The molecule has 0 bridgehead atoms. The van der Waals surface area contributed by atoms with Crippen LogP contribution in [0.25, 0.3) is 0 Å². The maximum atomic E-state index is 8.81. The minimum atomic E-state index is 0. The minimum absolute atomic E-state index is 0. The van der Waals surface area contributed by atoms with Gasteiger partial charge in [-0.3, -0.25) is 11.7 Å². The molecule has 6 N–H and O–H groups in total. The first-order chi connectivity index (χ1) is 3.83. The zero-order chi connectivity index (χ0) is 6.83. The van der Waals surface area contributed by atoms with E-state index in [-0.39, 0.29) is 17.1 Å². The van der Waals surface area contributed by atoms with Crippen molar-refractivity contribution in [1.29, 1.82) is 0 Å². The van der Waals surface area contributed by atoms with Crippen molar-refractivity contribution in [3.8, 4) is 0 Å². The summed E-state index contributed by atoms with van der Waals surface area (Å²) in [7, 11) is 0. The van der Waals surface area contributed by atoms with Crippen LogP contribution in [0, 0.1) is 0 Å². The zero-order valence-electron chi connectivity index (χ0n) is 4.27. The van der Waals surface area contributed by atoms with Gasteiger partial charge in [-0.05, 0) is 0 Å². The Balaban J connectivity index is -0.0000000720. The molecule has 0 aliphatic rings. The Bertz CT molecular complexity index is 52.5. The Labute approximate surface area is 62.7 Å². The molecular formula is C2H6CuN4O2. The molecule has 0 heterocycles. The normalized spacial score (nSPS) is 4.67. The van der Waals surface area contributed by atoms with Crippen molar-refractivity contribution < 1.29 is 26.7 Å². The topological polar surface area (TPSA) is 110 Å². The molecule has 9 heavy (non-hydrogen) atoms. The maximum Gasteiger partial charge on any atom is 2.00 e. The first-order valence-electron chi connectivity index (χ1n) is 1.49. The van der Waals surface area contributed by atoms with Gasteiger partial charge in [0.05, 0.1) is 0 Å². The fourth-order valence-electron chi connectivity index (χ4n) is 0. The summed E-state index contributed by atoms with van der Waals surface area (Å²) in [6.45, 7) is 0. The minimum Gasteiger partial charge on any atom is -0.519 e.